The van der Waals surface area contributed by atoms with E-state index < -0.39 is 0 Å². The lowest BCUT2D eigenvalue weighted by molar-refractivity contribution is -0.140. The Labute approximate surface area is 174 Å². The minimum absolute atomic E-state index is 0.0257. The van der Waals surface area contributed by atoms with E-state index in [0.29, 0.717) is 38.2 Å². The van der Waals surface area contributed by atoms with Crippen molar-refractivity contribution in [2.45, 2.75) is 26.3 Å². The number of carbonyl (C=O) groups excluding carboxylic acids is 3. The lowest BCUT2D eigenvalue weighted by Crippen LogP contribution is -2.47. The van der Waals surface area contributed by atoms with E-state index in [2.05, 4.69) is 5.32 Å². The van der Waals surface area contributed by atoms with Gasteiger partial charge in [-0.3, -0.25) is 14.4 Å². The Hall–Kier alpha value is -3.16. The molecule has 2 heterocycles. The van der Waals surface area contributed by atoms with Crippen molar-refractivity contribution in [3.63, 3.8) is 0 Å². The highest BCUT2D eigenvalue weighted by Gasteiger charge is 2.31. The van der Waals surface area contributed by atoms with Crippen molar-refractivity contribution in [1.29, 1.82) is 0 Å². The van der Waals surface area contributed by atoms with E-state index in [-0.39, 0.29) is 42.5 Å². The summed E-state index contributed by atoms with van der Waals surface area (Å²) in [5, 5.41) is 2.76. The molecule has 3 rings (SSSR count). The first-order chi connectivity index (χ1) is 14.5. The van der Waals surface area contributed by atoms with E-state index in [9.17, 15) is 18.8 Å². The lowest BCUT2D eigenvalue weighted by Gasteiger charge is -2.33. The van der Waals surface area contributed by atoms with Crippen LogP contribution in [0.5, 0.6) is 0 Å². The van der Waals surface area contributed by atoms with Gasteiger partial charge in [0.2, 0.25) is 11.8 Å². The van der Waals surface area contributed by atoms with Crippen LogP contribution >= 0.6 is 0 Å². The molecule has 1 aliphatic rings. The van der Waals surface area contributed by atoms with E-state index >= 15 is 0 Å². The Kier molecular flexibility index (Phi) is 7.21. The van der Waals surface area contributed by atoms with Gasteiger partial charge >= 0.3 is 0 Å². The highest BCUT2D eigenvalue weighted by Crippen LogP contribution is 2.21. The van der Waals surface area contributed by atoms with Crippen molar-refractivity contribution in [3.05, 3.63) is 59.8 Å². The number of likely N-dealkylation sites (tertiary alicyclic amines) is 1. The molecule has 1 saturated heterocycles. The molecule has 0 atom stereocenters. The first-order valence-corrected chi connectivity index (χ1v) is 10.1. The summed E-state index contributed by atoms with van der Waals surface area (Å²) in [6.07, 6.45) is 2.57. The zero-order chi connectivity index (χ0) is 21.5. The highest BCUT2D eigenvalue weighted by atomic mass is 19.1. The normalized spacial score (nSPS) is 14.4. The van der Waals surface area contributed by atoms with Crippen LogP contribution in [0.4, 0.5) is 4.39 Å². The first kappa shape index (κ1) is 21.5. The molecule has 1 aromatic carbocycles. The topological polar surface area (TPSA) is 82.9 Å². The van der Waals surface area contributed by atoms with Gasteiger partial charge in [0, 0.05) is 32.1 Å². The van der Waals surface area contributed by atoms with Gasteiger partial charge in [-0.25, -0.2) is 4.39 Å². The number of rotatable bonds is 7. The Morgan fingerprint density at radius 3 is 2.47 bits per heavy atom. The van der Waals surface area contributed by atoms with E-state index in [1.165, 1.54) is 23.3 Å². The molecule has 1 N–H and O–H groups in total. The molecule has 0 saturated carbocycles. The molecule has 3 amide bonds. The lowest BCUT2D eigenvalue weighted by atomic mass is 9.95. The van der Waals surface area contributed by atoms with Crippen LogP contribution in [0, 0.1) is 11.7 Å². The molecule has 30 heavy (non-hydrogen) atoms. The maximum absolute atomic E-state index is 13.0. The molecular formula is C22H26FN3O4. The second-order valence-corrected chi connectivity index (χ2v) is 7.30. The number of amides is 3. The number of hydrogen-bond acceptors (Lipinski definition) is 4. The minimum atomic E-state index is -0.329. The molecule has 0 unspecified atom stereocenters. The molecular weight excluding hydrogens is 389 g/mol. The number of nitrogens with one attached hydrogen (secondary N) is 1. The van der Waals surface area contributed by atoms with Gasteiger partial charge in [-0.05, 0) is 49.6 Å². The smallest absolute Gasteiger partial charge is 0.289 e. The number of likely N-dealkylation sites (N-methyl/N-ethyl adjacent to an activating group) is 1. The fourth-order valence-electron chi connectivity index (χ4n) is 3.52. The van der Waals surface area contributed by atoms with Crippen molar-refractivity contribution >= 4 is 17.7 Å². The molecule has 2 aromatic rings. The second kappa shape index (κ2) is 10.0. The van der Waals surface area contributed by atoms with Gasteiger partial charge in [-0.15, -0.1) is 0 Å². The van der Waals surface area contributed by atoms with E-state index in [1.54, 1.807) is 29.2 Å². The van der Waals surface area contributed by atoms with Gasteiger partial charge in [0.05, 0.1) is 12.8 Å². The summed E-state index contributed by atoms with van der Waals surface area (Å²) >= 11 is 0. The number of carbonyl (C=O) groups is 3. The van der Waals surface area contributed by atoms with Crippen molar-refractivity contribution in [1.82, 2.24) is 15.1 Å². The zero-order valence-electron chi connectivity index (χ0n) is 17.0. The third-order valence-corrected chi connectivity index (χ3v) is 5.29. The van der Waals surface area contributed by atoms with Crippen LogP contribution in [-0.4, -0.2) is 53.7 Å². The molecule has 1 aromatic heterocycles. The predicted molar refractivity (Wildman–Crippen MR) is 108 cm³/mol. The van der Waals surface area contributed by atoms with Crippen LogP contribution in [0.15, 0.2) is 47.1 Å². The summed E-state index contributed by atoms with van der Waals surface area (Å²) in [6, 6.07) is 9.19. The molecule has 1 fully saturated rings. The van der Waals surface area contributed by atoms with E-state index in [1.807, 2.05) is 6.92 Å². The van der Waals surface area contributed by atoms with E-state index in [0.717, 1.165) is 5.56 Å². The summed E-state index contributed by atoms with van der Waals surface area (Å²) in [7, 11) is 0. The fourth-order valence-corrected chi connectivity index (χ4v) is 3.52. The minimum Gasteiger partial charge on any atom is -0.459 e. The Morgan fingerprint density at radius 1 is 1.17 bits per heavy atom. The average molecular weight is 415 g/mol. The molecule has 0 radical (unpaired) electrons. The maximum Gasteiger partial charge on any atom is 0.289 e. The van der Waals surface area contributed by atoms with Crippen LogP contribution in [0.1, 0.15) is 35.9 Å². The van der Waals surface area contributed by atoms with Gasteiger partial charge in [-0.2, -0.15) is 0 Å². The summed E-state index contributed by atoms with van der Waals surface area (Å²) in [5.74, 6) is -0.745. The number of furan rings is 1. The van der Waals surface area contributed by atoms with Gasteiger partial charge in [0.1, 0.15) is 5.82 Å². The first-order valence-electron chi connectivity index (χ1n) is 10.1. The summed E-state index contributed by atoms with van der Waals surface area (Å²) in [5.41, 5.74) is 0.785. The molecule has 7 nitrogen and oxygen atoms in total. The number of hydrogen-bond donors (Lipinski definition) is 1. The second-order valence-electron chi connectivity index (χ2n) is 7.30. The zero-order valence-corrected chi connectivity index (χ0v) is 17.0. The highest BCUT2D eigenvalue weighted by molar-refractivity contribution is 5.92. The Morgan fingerprint density at radius 2 is 1.87 bits per heavy atom. The van der Waals surface area contributed by atoms with Crippen molar-refractivity contribution in [2.75, 3.05) is 26.2 Å². The van der Waals surface area contributed by atoms with Crippen LogP contribution < -0.4 is 5.32 Å². The summed E-state index contributed by atoms with van der Waals surface area (Å²) in [4.78, 5) is 40.7. The molecule has 0 bridgehead atoms. The number of benzene rings is 1. The average Bonchev–Trinajstić information content (AvgIpc) is 3.31. The van der Waals surface area contributed by atoms with Crippen molar-refractivity contribution < 1.29 is 23.2 Å². The van der Waals surface area contributed by atoms with Gasteiger partial charge in [-0.1, -0.05) is 12.1 Å². The van der Waals surface area contributed by atoms with E-state index in [4.69, 9.17) is 4.42 Å². The molecule has 0 aliphatic carbocycles. The standard InChI is InChI=1S/C22H26FN3O4/c1-2-25(15-20(27)24-14-16-5-7-18(23)8-6-16)21(28)17-9-11-26(12-10-17)22(29)19-4-3-13-30-19/h3-8,13,17H,2,9-12,14-15H2,1H3,(H,24,27). The fraction of sp³-hybridized carbons (Fsp3) is 0.409. The number of halogens is 1. The monoisotopic (exact) mass is 415 g/mol. The van der Waals surface area contributed by atoms with Crippen LogP contribution in [0.2, 0.25) is 0 Å². The number of piperidine rings is 1. The molecule has 0 spiro atoms. The maximum atomic E-state index is 13.0. The SMILES string of the molecule is CCN(CC(=O)NCc1ccc(F)cc1)C(=O)C1CCN(C(=O)c2ccco2)CC1. The summed E-state index contributed by atoms with van der Waals surface area (Å²) in [6.45, 7) is 3.46. The predicted octanol–water partition coefficient (Wildman–Crippen LogP) is 2.44. The molecule has 1 aliphatic heterocycles. The third-order valence-electron chi connectivity index (χ3n) is 5.29. The summed E-state index contributed by atoms with van der Waals surface area (Å²) < 4.78 is 18.1. The van der Waals surface area contributed by atoms with Gasteiger partial charge < -0.3 is 19.5 Å². The van der Waals surface area contributed by atoms with Crippen LogP contribution in [0.3, 0.4) is 0 Å². The Balaban J connectivity index is 1.46. The van der Waals surface area contributed by atoms with Gasteiger partial charge in [0.25, 0.3) is 5.91 Å². The number of nitrogens with zero attached hydrogens (tertiary/aromatic N) is 2. The largest absolute Gasteiger partial charge is 0.459 e. The Bertz CT molecular complexity index is 859. The third kappa shape index (κ3) is 5.46. The molecule has 8 heteroatoms. The van der Waals surface area contributed by atoms with Crippen LogP contribution in [-0.2, 0) is 16.1 Å². The van der Waals surface area contributed by atoms with Crippen molar-refractivity contribution in [2.24, 2.45) is 5.92 Å². The quantitative estimate of drug-likeness (QED) is 0.753. The van der Waals surface area contributed by atoms with Crippen LogP contribution in [0.25, 0.3) is 0 Å². The molecule has 160 valence electrons. The van der Waals surface area contributed by atoms with Crippen molar-refractivity contribution in [3.8, 4) is 0 Å². The van der Waals surface area contributed by atoms with Gasteiger partial charge in [0.15, 0.2) is 5.76 Å².